The topological polar surface area (TPSA) is 65.8 Å². The highest BCUT2D eigenvalue weighted by molar-refractivity contribution is 6.31. The van der Waals surface area contributed by atoms with Crippen LogP contribution < -0.4 is 19.1 Å². The lowest BCUT2D eigenvalue weighted by atomic mass is 10.1. The molecule has 8 heteroatoms. The van der Waals surface area contributed by atoms with Crippen molar-refractivity contribution >= 4 is 34.2 Å². The van der Waals surface area contributed by atoms with Gasteiger partial charge in [-0.05, 0) is 54.6 Å². The lowest BCUT2D eigenvalue weighted by molar-refractivity contribution is -0.117. The van der Waals surface area contributed by atoms with Crippen LogP contribution in [-0.4, -0.2) is 42.8 Å². The molecule has 0 N–H and O–H groups in total. The molecule has 1 atom stereocenters. The summed E-state index contributed by atoms with van der Waals surface area (Å²) in [6, 6.07) is 20.8. The van der Waals surface area contributed by atoms with Crippen molar-refractivity contribution in [3.05, 3.63) is 77.6 Å². The first-order valence-electron chi connectivity index (χ1n) is 11.4. The minimum Gasteiger partial charge on any atom is -0.497 e. The van der Waals surface area contributed by atoms with E-state index < -0.39 is 0 Å². The molecular formula is C27H26ClN3O4. The fraction of sp³-hybridized carbons (Fsp3) is 0.259. The first-order chi connectivity index (χ1) is 17.1. The summed E-state index contributed by atoms with van der Waals surface area (Å²) in [6.07, 6.45) is 0.359. The van der Waals surface area contributed by atoms with E-state index in [9.17, 15) is 4.79 Å². The summed E-state index contributed by atoms with van der Waals surface area (Å²) in [5.74, 6) is 2.99. The molecule has 0 saturated carbocycles. The molecule has 0 aliphatic carbocycles. The number of imidazole rings is 1. The van der Waals surface area contributed by atoms with Crippen LogP contribution in [0, 0.1) is 0 Å². The van der Waals surface area contributed by atoms with Crippen LogP contribution in [0.1, 0.15) is 18.2 Å². The zero-order valence-corrected chi connectivity index (χ0v) is 20.4. The summed E-state index contributed by atoms with van der Waals surface area (Å²) in [7, 11) is 3.23. The molecule has 2 heterocycles. The molecule has 0 radical (unpaired) electrons. The van der Waals surface area contributed by atoms with Crippen molar-refractivity contribution in [1.29, 1.82) is 0 Å². The maximum atomic E-state index is 13.1. The van der Waals surface area contributed by atoms with Gasteiger partial charge in [0, 0.05) is 23.9 Å². The molecule has 5 rings (SSSR count). The number of anilines is 1. The van der Waals surface area contributed by atoms with Crippen molar-refractivity contribution < 1.29 is 19.0 Å². The van der Waals surface area contributed by atoms with E-state index in [4.69, 9.17) is 30.8 Å². The quantitative estimate of drug-likeness (QED) is 0.334. The van der Waals surface area contributed by atoms with E-state index in [0.717, 1.165) is 28.4 Å². The van der Waals surface area contributed by atoms with E-state index >= 15 is 0 Å². The number of hydrogen-bond donors (Lipinski definition) is 0. The fourth-order valence-electron chi connectivity index (χ4n) is 4.55. The van der Waals surface area contributed by atoms with Gasteiger partial charge in [0.1, 0.15) is 29.7 Å². The summed E-state index contributed by atoms with van der Waals surface area (Å²) in [4.78, 5) is 19.7. The Hall–Kier alpha value is -3.71. The van der Waals surface area contributed by atoms with Gasteiger partial charge in [-0.25, -0.2) is 4.98 Å². The van der Waals surface area contributed by atoms with Crippen molar-refractivity contribution in [3.8, 4) is 17.2 Å². The molecule has 0 spiro atoms. The van der Waals surface area contributed by atoms with Crippen molar-refractivity contribution in [2.24, 2.45) is 0 Å². The number of amides is 1. The maximum Gasteiger partial charge on any atom is 0.227 e. The largest absolute Gasteiger partial charge is 0.497 e. The minimum absolute atomic E-state index is 0.0173. The number of nitrogens with zero attached hydrogens (tertiary/aromatic N) is 3. The van der Waals surface area contributed by atoms with Crippen LogP contribution in [0.25, 0.3) is 11.0 Å². The van der Waals surface area contributed by atoms with Gasteiger partial charge in [0.25, 0.3) is 0 Å². The van der Waals surface area contributed by atoms with E-state index in [-0.39, 0.29) is 11.8 Å². The Morgan fingerprint density at radius 1 is 1.00 bits per heavy atom. The lowest BCUT2D eigenvalue weighted by Gasteiger charge is -2.20. The zero-order valence-electron chi connectivity index (χ0n) is 19.6. The van der Waals surface area contributed by atoms with Gasteiger partial charge in [-0.2, -0.15) is 0 Å². The van der Waals surface area contributed by atoms with Gasteiger partial charge in [0.05, 0.1) is 37.5 Å². The van der Waals surface area contributed by atoms with Gasteiger partial charge >= 0.3 is 0 Å². The molecule has 1 saturated heterocycles. The van der Waals surface area contributed by atoms with Gasteiger partial charge in [-0.1, -0.05) is 23.7 Å². The molecule has 180 valence electrons. The third-order valence-electron chi connectivity index (χ3n) is 6.25. The highest BCUT2D eigenvalue weighted by Crippen LogP contribution is 2.38. The summed E-state index contributed by atoms with van der Waals surface area (Å²) in [5.41, 5.74) is 2.60. The zero-order chi connectivity index (χ0) is 24.4. The molecular weight excluding hydrogens is 466 g/mol. The molecule has 1 aromatic heterocycles. The van der Waals surface area contributed by atoms with Crippen molar-refractivity contribution in [3.63, 3.8) is 0 Å². The van der Waals surface area contributed by atoms with E-state index in [2.05, 4.69) is 4.57 Å². The molecule has 4 aromatic rings. The second-order valence-electron chi connectivity index (χ2n) is 8.36. The Balaban J connectivity index is 1.40. The van der Waals surface area contributed by atoms with Gasteiger partial charge in [0.15, 0.2) is 0 Å². The van der Waals surface area contributed by atoms with Gasteiger partial charge in [0.2, 0.25) is 5.91 Å². The Morgan fingerprint density at radius 3 is 2.54 bits per heavy atom. The predicted molar refractivity (Wildman–Crippen MR) is 136 cm³/mol. The molecule has 1 aliphatic heterocycles. The number of ether oxygens (including phenoxy) is 3. The lowest BCUT2D eigenvalue weighted by Crippen LogP contribution is -2.25. The number of hydrogen-bond acceptors (Lipinski definition) is 5. The number of halogens is 1. The molecule has 7 nitrogen and oxygen atoms in total. The summed E-state index contributed by atoms with van der Waals surface area (Å²) in [6.45, 7) is 1.57. The minimum atomic E-state index is -0.0698. The summed E-state index contributed by atoms with van der Waals surface area (Å²) < 4.78 is 18.8. The van der Waals surface area contributed by atoms with Crippen molar-refractivity contribution in [1.82, 2.24) is 9.55 Å². The molecule has 1 fully saturated rings. The molecule has 3 aromatic carbocycles. The molecule has 1 amide bonds. The smallest absolute Gasteiger partial charge is 0.227 e. The molecule has 1 aliphatic rings. The van der Waals surface area contributed by atoms with E-state index in [1.807, 2.05) is 48.5 Å². The number of benzene rings is 3. The van der Waals surface area contributed by atoms with Crippen LogP contribution in [0.2, 0.25) is 5.02 Å². The van der Waals surface area contributed by atoms with E-state index in [1.165, 1.54) is 0 Å². The first-order valence-corrected chi connectivity index (χ1v) is 11.8. The third-order valence-corrected chi connectivity index (χ3v) is 6.48. The molecule has 35 heavy (non-hydrogen) atoms. The number of para-hydroxylation sites is 2. The van der Waals surface area contributed by atoms with Gasteiger partial charge < -0.3 is 23.7 Å². The summed E-state index contributed by atoms with van der Waals surface area (Å²) in [5, 5.41) is 0.556. The highest BCUT2D eigenvalue weighted by Gasteiger charge is 2.36. The van der Waals surface area contributed by atoms with Crippen LogP contribution in [0.4, 0.5) is 5.69 Å². The van der Waals surface area contributed by atoms with Crippen molar-refractivity contribution in [2.45, 2.75) is 18.9 Å². The third kappa shape index (κ3) is 4.64. The Bertz CT molecular complexity index is 1350. The van der Waals surface area contributed by atoms with Gasteiger partial charge in [-0.3, -0.25) is 4.79 Å². The van der Waals surface area contributed by atoms with Crippen molar-refractivity contribution in [2.75, 3.05) is 32.3 Å². The second-order valence-corrected chi connectivity index (χ2v) is 8.79. The average molecular weight is 492 g/mol. The number of fused-ring (bicyclic) bond motifs is 1. The standard InChI is InChI=1S/C27H26ClN3O4/c1-33-20-8-10-21(11-9-20)35-14-13-30-23-6-4-3-5-22(23)29-27(30)18-15-26(32)31(17-18)24-16-19(28)7-12-25(24)34-2/h3-12,16,18H,13-15,17H2,1-2H3. The number of methoxy groups -OCH3 is 2. The van der Waals surface area contributed by atoms with Crippen LogP contribution in [0.5, 0.6) is 17.2 Å². The Labute approximate surface area is 208 Å². The second kappa shape index (κ2) is 9.88. The molecule has 1 unspecified atom stereocenters. The van der Waals surface area contributed by atoms with Crippen LogP contribution in [0.15, 0.2) is 66.7 Å². The summed E-state index contributed by atoms with van der Waals surface area (Å²) >= 11 is 6.23. The normalized spacial score (nSPS) is 15.6. The Kier molecular flexibility index (Phi) is 6.51. The van der Waals surface area contributed by atoms with Gasteiger partial charge in [-0.15, -0.1) is 0 Å². The molecule has 0 bridgehead atoms. The van der Waals surface area contributed by atoms with E-state index in [1.54, 1.807) is 37.3 Å². The van der Waals surface area contributed by atoms with Crippen LogP contribution >= 0.6 is 11.6 Å². The monoisotopic (exact) mass is 491 g/mol. The van der Waals surface area contributed by atoms with Crippen LogP contribution in [0.3, 0.4) is 0 Å². The number of carbonyl (C=O) groups is 1. The number of carbonyl (C=O) groups excluding carboxylic acids is 1. The van der Waals surface area contributed by atoms with Crippen LogP contribution in [-0.2, 0) is 11.3 Å². The van der Waals surface area contributed by atoms with E-state index in [0.29, 0.717) is 42.6 Å². The number of rotatable bonds is 8. The predicted octanol–water partition coefficient (Wildman–Crippen LogP) is 5.31. The average Bonchev–Trinajstić information content (AvgIpc) is 3.45. The maximum absolute atomic E-state index is 13.1. The highest BCUT2D eigenvalue weighted by atomic mass is 35.5. The number of aromatic nitrogens is 2. The fourth-order valence-corrected chi connectivity index (χ4v) is 4.72. The Morgan fingerprint density at radius 2 is 1.77 bits per heavy atom. The SMILES string of the molecule is COc1ccc(OCCn2c(C3CC(=O)N(c4cc(Cl)ccc4OC)C3)nc3ccccc32)cc1. The first kappa shape index (κ1) is 23.1.